The van der Waals surface area contributed by atoms with Crippen LogP contribution in [0.5, 0.6) is 0 Å². The number of hydrogen-bond acceptors (Lipinski definition) is 4. The molecular formula is C9H18N2O3. The average Bonchev–Trinajstić information content (AvgIpc) is 2.16. The summed E-state index contributed by atoms with van der Waals surface area (Å²) >= 11 is 0. The highest BCUT2D eigenvalue weighted by Gasteiger charge is 2.39. The largest absolute Gasteiger partial charge is 0.480 e. The van der Waals surface area contributed by atoms with E-state index in [9.17, 15) is 9.59 Å². The molecule has 0 spiro atoms. The summed E-state index contributed by atoms with van der Waals surface area (Å²) in [6.07, 6.45) is 1.55. The van der Waals surface area contributed by atoms with E-state index in [4.69, 9.17) is 16.6 Å². The second kappa shape index (κ2) is 5.72. The summed E-state index contributed by atoms with van der Waals surface area (Å²) in [6, 6.07) is 0. The molecule has 0 aromatic rings. The van der Waals surface area contributed by atoms with Crippen molar-refractivity contribution in [3.05, 3.63) is 0 Å². The molecule has 0 rings (SSSR count). The molecule has 1 atom stereocenters. The SMILES string of the molecule is CCC(=O)C(N)(CCCCN)C(=O)O. The number of carbonyl (C=O) groups is 2. The highest BCUT2D eigenvalue weighted by Crippen LogP contribution is 2.14. The molecule has 0 amide bonds. The van der Waals surface area contributed by atoms with Crippen LogP contribution < -0.4 is 11.5 Å². The quantitative estimate of drug-likeness (QED) is 0.394. The molecule has 0 aliphatic carbocycles. The summed E-state index contributed by atoms with van der Waals surface area (Å²) < 4.78 is 0. The maximum absolute atomic E-state index is 11.3. The van der Waals surface area contributed by atoms with Crippen molar-refractivity contribution in [3.63, 3.8) is 0 Å². The van der Waals surface area contributed by atoms with E-state index in [-0.39, 0.29) is 12.8 Å². The van der Waals surface area contributed by atoms with Crippen LogP contribution in [0.4, 0.5) is 0 Å². The Balaban J connectivity index is 4.40. The van der Waals surface area contributed by atoms with E-state index in [0.717, 1.165) is 0 Å². The van der Waals surface area contributed by atoms with Crippen molar-refractivity contribution in [3.8, 4) is 0 Å². The van der Waals surface area contributed by atoms with Crippen molar-refractivity contribution in [2.24, 2.45) is 11.5 Å². The molecule has 0 saturated heterocycles. The number of carbonyl (C=O) groups excluding carboxylic acids is 1. The van der Waals surface area contributed by atoms with Crippen LogP contribution in [0.2, 0.25) is 0 Å². The van der Waals surface area contributed by atoms with Gasteiger partial charge in [-0.05, 0) is 25.8 Å². The number of unbranched alkanes of at least 4 members (excludes halogenated alkanes) is 1. The summed E-state index contributed by atoms with van der Waals surface area (Å²) in [7, 11) is 0. The van der Waals surface area contributed by atoms with Gasteiger partial charge < -0.3 is 16.6 Å². The van der Waals surface area contributed by atoms with Crippen molar-refractivity contribution < 1.29 is 14.7 Å². The Labute approximate surface area is 83.5 Å². The molecular weight excluding hydrogens is 184 g/mol. The maximum Gasteiger partial charge on any atom is 0.331 e. The minimum absolute atomic E-state index is 0.144. The molecule has 0 fully saturated rings. The van der Waals surface area contributed by atoms with Crippen LogP contribution in [-0.4, -0.2) is 28.9 Å². The fourth-order valence-electron chi connectivity index (χ4n) is 1.23. The number of carboxylic acids is 1. The molecule has 82 valence electrons. The van der Waals surface area contributed by atoms with Gasteiger partial charge >= 0.3 is 5.97 Å². The standard InChI is InChI=1S/C9H18N2O3/c1-2-7(12)9(11,8(13)14)5-3-4-6-10/h2-6,10-11H2,1H3,(H,13,14). The normalized spacial score (nSPS) is 14.8. The summed E-state index contributed by atoms with van der Waals surface area (Å²) in [5.74, 6) is -1.68. The van der Waals surface area contributed by atoms with Gasteiger partial charge in [0.25, 0.3) is 0 Å². The third-order valence-electron chi connectivity index (χ3n) is 2.23. The highest BCUT2D eigenvalue weighted by atomic mass is 16.4. The number of carboxylic acid groups (broad SMARTS) is 1. The predicted octanol–water partition coefficient (Wildman–Crippen LogP) is -0.123. The number of rotatable bonds is 7. The van der Waals surface area contributed by atoms with E-state index in [2.05, 4.69) is 0 Å². The van der Waals surface area contributed by atoms with Crippen LogP contribution in [0, 0.1) is 0 Å². The van der Waals surface area contributed by atoms with Gasteiger partial charge in [-0.2, -0.15) is 0 Å². The molecule has 0 aliphatic heterocycles. The smallest absolute Gasteiger partial charge is 0.331 e. The van der Waals surface area contributed by atoms with Gasteiger partial charge in [0.1, 0.15) is 0 Å². The van der Waals surface area contributed by atoms with E-state index >= 15 is 0 Å². The van der Waals surface area contributed by atoms with Crippen molar-refractivity contribution in [2.45, 2.75) is 38.1 Å². The lowest BCUT2D eigenvalue weighted by Gasteiger charge is -2.22. The average molecular weight is 202 g/mol. The van der Waals surface area contributed by atoms with Gasteiger partial charge in [-0.25, -0.2) is 4.79 Å². The van der Waals surface area contributed by atoms with E-state index in [1.807, 2.05) is 0 Å². The zero-order valence-electron chi connectivity index (χ0n) is 8.45. The molecule has 0 heterocycles. The van der Waals surface area contributed by atoms with Gasteiger partial charge in [0.2, 0.25) is 0 Å². The monoisotopic (exact) mass is 202 g/mol. The van der Waals surface area contributed by atoms with E-state index in [0.29, 0.717) is 19.4 Å². The van der Waals surface area contributed by atoms with Crippen LogP contribution in [0.15, 0.2) is 0 Å². The minimum Gasteiger partial charge on any atom is -0.480 e. The molecule has 0 aliphatic rings. The lowest BCUT2D eigenvalue weighted by molar-refractivity contribution is -0.148. The lowest BCUT2D eigenvalue weighted by atomic mass is 9.88. The molecule has 0 radical (unpaired) electrons. The molecule has 1 unspecified atom stereocenters. The number of Topliss-reactive ketones (excluding diaryl/α,β-unsaturated/α-hetero) is 1. The Kier molecular flexibility index (Phi) is 5.34. The second-order valence-electron chi connectivity index (χ2n) is 3.30. The Morgan fingerprint density at radius 3 is 2.29 bits per heavy atom. The second-order valence-corrected chi connectivity index (χ2v) is 3.30. The molecule has 0 saturated carbocycles. The Hall–Kier alpha value is -0.940. The van der Waals surface area contributed by atoms with Crippen LogP contribution in [-0.2, 0) is 9.59 Å². The zero-order chi connectivity index (χ0) is 11.2. The predicted molar refractivity (Wildman–Crippen MR) is 52.8 cm³/mol. The molecule has 0 aromatic carbocycles. The highest BCUT2D eigenvalue weighted by molar-refractivity contribution is 6.07. The van der Waals surface area contributed by atoms with Gasteiger partial charge in [0, 0.05) is 6.42 Å². The van der Waals surface area contributed by atoms with Crippen molar-refractivity contribution in [1.29, 1.82) is 0 Å². The van der Waals surface area contributed by atoms with Crippen molar-refractivity contribution in [2.75, 3.05) is 6.54 Å². The van der Waals surface area contributed by atoms with Crippen LogP contribution in [0.25, 0.3) is 0 Å². The van der Waals surface area contributed by atoms with E-state index in [1.165, 1.54) is 0 Å². The number of ketones is 1. The Morgan fingerprint density at radius 1 is 1.36 bits per heavy atom. The maximum atomic E-state index is 11.3. The molecule has 5 nitrogen and oxygen atoms in total. The number of nitrogens with two attached hydrogens (primary N) is 2. The van der Waals surface area contributed by atoms with Gasteiger partial charge in [0.05, 0.1) is 0 Å². The summed E-state index contributed by atoms with van der Waals surface area (Å²) in [5.41, 5.74) is 9.10. The lowest BCUT2D eigenvalue weighted by Crippen LogP contribution is -2.54. The van der Waals surface area contributed by atoms with Crippen molar-refractivity contribution >= 4 is 11.8 Å². The third-order valence-corrected chi connectivity index (χ3v) is 2.23. The topological polar surface area (TPSA) is 106 Å². The minimum atomic E-state index is -1.72. The van der Waals surface area contributed by atoms with E-state index in [1.54, 1.807) is 6.92 Å². The van der Waals surface area contributed by atoms with Crippen molar-refractivity contribution in [1.82, 2.24) is 0 Å². The first-order valence-electron chi connectivity index (χ1n) is 4.74. The Morgan fingerprint density at radius 2 is 1.93 bits per heavy atom. The molecule has 5 heteroatoms. The third kappa shape index (κ3) is 3.08. The first-order valence-corrected chi connectivity index (χ1v) is 4.74. The molecule has 0 aromatic heterocycles. The summed E-state index contributed by atoms with van der Waals surface area (Å²) in [6.45, 7) is 2.09. The first kappa shape index (κ1) is 13.1. The van der Waals surface area contributed by atoms with E-state index < -0.39 is 17.3 Å². The molecule has 14 heavy (non-hydrogen) atoms. The fourth-order valence-corrected chi connectivity index (χ4v) is 1.23. The van der Waals surface area contributed by atoms with Crippen LogP contribution in [0.3, 0.4) is 0 Å². The van der Waals surface area contributed by atoms with Crippen LogP contribution >= 0.6 is 0 Å². The van der Waals surface area contributed by atoms with Gasteiger partial charge in [0.15, 0.2) is 11.3 Å². The van der Waals surface area contributed by atoms with Gasteiger partial charge in [-0.3, -0.25) is 4.79 Å². The number of aliphatic carboxylic acids is 1. The molecule has 5 N–H and O–H groups in total. The van der Waals surface area contributed by atoms with Gasteiger partial charge in [-0.15, -0.1) is 0 Å². The Bertz CT molecular complexity index is 218. The fraction of sp³-hybridized carbons (Fsp3) is 0.778. The first-order chi connectivity index (χ1) is 6.49. The zero-order valence-corrected chi connectivity index (χ0v) is 8.45. The summed E-state index contributed by atoms with van der Waals surface area (Å²) in [4.78, 5) is 22.2. The summed E-state index contributed by atoms with van der Waals surface area (Å²) in [5, 5.41) is 8.86. The van der Waals surface area contributed by atoms with Crippen LogP contribution in [0.1, 0.15) is 32.6 Å². The van der Waals surface area contributed by atoms with Gasteiger partial charge in [-0.1, -0.05) is 6.92 Å². The molecule has 0 bridgehead atoms. The number of hydrogen-bond donors (Lipinski definition) is 3.